The molecule has 8 heteroatoms. The number of benzene rings is 2. The Balaban J connectivity index is 1.51. The molecule has 4 aromatic rings. The van der Waals surface area contributed by atoms with Crippen LogP contribution in [0.4, 0.5) is 5.69 Å². The summed E-state index contributed by atoms with van der Waals surface area (Å²) in [7, 11) is 0. The Labute approximate surface area is 182 Å². The van der Waals surface area contributed by atoms with Gasteiger partial charge in [-0.25, -0.2) is 0 Å². The number of anilines is 1. The molecule has 0 bridgehead atoms. The lowest BCUT2D eigenvalue weighted by Crippen LogP contribution is -2.15. The molecular formula is C21H19ClN4OS2. The summed E-state index contributed by atoms with van der Waals surface area (Å²) < 4.78 is 3.27. The molecule has 29 heavy (non-hydrogen) atoms. The number of nitrogens with zero attached hydrogens (tertiary/aromatic N) is 3. The van der Waals surface area contributed by atoms with Crippen LogP contribution < -0.4 is 5.32 Å². The second-order valence-corrected chi connectivity index (χ2v) is 8.78. The number of carbonyl (C=O) groups excluding carboxylic acids is 1. The normalized spacial score (nSPS) is 11.1. The summed E-state index contributed by atoms with van der Waals surface area (Å²) in [6.45, 7) is 4.72. The molecule has 0 spiro atoms. The molecule has 0 saturated carbocycles. The van der Waals surface area contributed by atoms with Gasteiger partial charge in [0.1, 0.15) is 0 Å². The summed E-state index contributed by atoms with van der Waals surface area (Å²) in [5.41, 5.74) is 2.77. The van der Waals surface area contributed by atoms with Crippen LogP contribution in [0.5, 0.6) is 0 Å². The van der Waals surface area contributed by atoms with Crippen LogP contribution in [0.1, 0.15) is 12.5 Å². The smallest absolute Gasteiger partial charge is 0.234 e. The molecule has 0 fully saturated rings. The third-order valence-corrected chi connectivity index (χ3v) is 6.73. The highest BCUT2D eigenvalue weighted by atomic mass is 35.5. The topological polar surface area (TPSA) is 59.8 Å². The number of hydrogen-bond donors (Lipinski definition) is 1. The fraction of sp³-hybridized carbons (Fsp3) is 0.190. The zero-order valence-corrected chi connectivity index (χ0v) is 18.4. The summed E-state index contributed by atoms with van der Waals surface area (Å²) in [6.07, 6.45) is 0. The Kier molecular flexibility index (Phi) is 5.89. The van der Waals surface area contributed by atoms with Crippen LogP contribution in [-0.2, 0) is 11.3 Å². The number of hydrogen-bond acceptors (Lipinski definition) is 5. The van der Waals surface area contributed by atoms with Crippen molar-refractivity contribution in [2.75, 3.05) is 11.1 Å². The Bertz CT molecular complexity index is 1180. The minimum absolute atomic E-state index is 0.103. The minimum atomic E-state index is -0.103. The number of rotatable bonds is 6. The van der Waals surface area contributed by atoms with Crippen molar-refractivity contribution in [3.05, 3.63) is 58.4 Å². The SMILES string of the molecule is CCn1c(SCC(=O)Nc2cc(Cl)ccc2C)nnc1-c1csc2ccccc12. The number of thiophene rings is 1. The van der Waals surface area contributed by atoms with Gasteiger partial charge < -0.3 is 9.88 Å². The van der Waals surface area contributed by atoms with Crippen molar-refractivity contribution in [1.29, 1.82) is 0 Å². The molecule has 2 heterocycles. The van der Waals surface area contributed by atoms with Gasteiger partial charge in [0, 0.05) is 38.3 Å². The van der Waals surface area contributed by atoms with E-state index in [0.29, 0.717) is 5.02 Å². The molecule has 0 aliphatic heterocycles. The zero-order chi connectivity index (χ0) is 20.4. The summed E-state index contributed by atoms with van der Waals surface area (Å²) in [5.74, 6) is 0.973. The van der Waals surface area contributed by atoms with Crippen molar-refractivity contribution in [3.63, 3.8) is 0 Å². The van der Waals surface area contributed by atoms with E-state index in [2.05, 4.69) is 44.5 Å². The van der Waals surface area contributed by atoms with E-state index in [1.54, 1.807) is 23.5 Å². The number of halogens is 1. The largest absolute Gasteiger partial charge is 0.325 e. The van der Waals surface area contributed by atoms with Gasteiger partial charge in [-0.05, 0) is 37.6 Å². The van der Waals surface area contributed by atoms with Crippen molar-refractivity contribution < 1.29 is 4.79 Å². The molecule has 4 rings (SSSR count). The third kappa shape index (κ3) is 4.17. The Morgan fingerprint density at radius 3 is 2.90 bits per heavy atom. The fourth-order valence-corrected chi connectivity index (χ4v) is 4.99. The number of carbonyl (C=O) groups is 1. The highest BCUT2D eigenvalue weighted by molar-refractivity contribution is 7.99. The van der Waals surface area contributed by atoms with Crippen molar-refractivity contribution in [3.8, 4) is 11.4 Å². The standard InChI is InChI=1S/C21H19ClN4OS2/c1-3-26-20(16-11-28-18-7-5-4-6-15(16)18)24-25-21(26)29-12-19(27)23-17-10-14(22)9-8-13(17)2/h4-11H,3,12H2,1-2H3,(H,23,27). The molecule has 2 aromatic heterocycles. The molecule has 0 unspecified atom stereocenters. The molecule has 0 saturated heterocycles. The van der Waals surface area contributed by atoms with Crippen LogP contribution in [0.15, 0.2) is 53.0 Å². The maximum absolute atomic E-state index is 12.4. The Morgan fingerprint density at radius 2 is 2.07 bits per heavy atom. The van der Waals surface area contributed by atoms with E-state index in [1.165, 1.54) is 21.8 Å². The lowest BCUT2D eigenvalue weighted by atomic mass is 10.1. The molecule has 1 amide bonds. The van der Waals surface area contributed by atoms with Gasteiger partial charge in [0.05, 0.1) is 5.75 Å². The first-order valence-electron chi connectivity index (χ1n) is 9.15. The second-order valence-electron chi connectivity index (χ2n) is 6.49. The number of amides is 1. The van der Waals surface area contributed by atoms with Crippen molar-refractivity contribution in [1.82, 2.24) is 14.8 Å². The molecule has 0 radical (unpaired) electrons. The van der Waals surface area contributed by atoms with Gasteiger partial charge in [-0.3, -0.25) is 4.79 Å². The first kappa shape index (κ1) is 19.9. The Hall–Kier alpha value is -2.35. The third-order valence-electron chi connectivity index (χ3n) is 4.56. The van der Waals surface area contributed by atoms with Gasteiger partial charge in [0.2, 0.25) is 5.91 Å². The van der Waals surface area contributed by atoms with Crippen molar-refractivity contribution in [2.24, 2.45) is 0 Å². The first-order chi connectivity index (χ1) is 14.1. The van der Waals surface area contributed by atoms with Crippen molar-refractivity contribution >= 4 is 56.4 Å². The average Bonchev–Trinajstić information content (AvgIpc) is 3.32. The van der Waals surface area contributed by atoms with Gasteiger partial charge in [-0.2, -0.15) is 0 Å². The summed E-state index contributed by atoms with van der Waals surface area (Å²) >= 11 is 9.11. The monoisotopic (exact) mass is 442 g/mol. The molecule has 5 nitrogen and oxygen atoms in total. The van der Waals surface area contributed by atoms with Crippen LogP contribution >= 0.6 is 34.7 Å². The predicted octanol–water partition coefficient (Wildman–Crippen LogP) is 5.87. The van der Waals surface area contributed by atoms with Gasteiger partial charge >= 0.3 is 0 Å². The Morgan fingerprint density at radius 1 is 1.24 bits per heavy atom. The molecule has 2 aromatic carbocycles. The number of aromatic nitrogens is 3. The first-order valence-corrected chi connectivity index (χ1v) is 11.4. The minimum Gasteiger partial charge on any atom is -0.325 e. The van der Waals surface area contributed by atoms with E-state index in [-0.39, 0.29) is 11.7 Å². The van der Waals surface area contributed by atoms with Crippen LogP contribution in [-0.4, -0.2) is 26.4 Å². The second kappa shape index (κ2) is 8.57. The molecule has 148 valence electrons. The molecular weight excluding hydrogens is 424 g/mol. The highest BCUT2D eigenvalue weighted by Crippen LogP contribution is 2.34. The van der Waals surface area contributed by atoms with Gasteiger partial charge in [0.25, 0.3) is 0 Å². The molecule has 0 aliphatic carbocycles. The summed E-state index contributed by atoms with van der Waals surface area (Å²) in [4.78, 5) is 12.4. The zero-order valence-electron chi connectivity index (χ0n) is 16.0. The maximum atomic E-state index is 12.4. The van der Waals surface area contributed by atoms with Crippen molar-refractivity contribution in [2.45, 2.75) is 25.5 Å². The van der Waals surface area contributed by atoms with Crippen LogP contribution in [0.2, 0.25) is 5.02 Å². The maximum Gasteiger partial charge on any atom is 0.234 e. The van der Waals surface area contributed by atoms with E-state index >= 15 is 0 Å². The summed E-state index contributed by atoms with van der Waals surface area (Å²) in [6, 6.07) is 13.7. The van der Waals surface area contributed by atoms with Crippen LogP contribution in [0.3, 0.4) is 0 Å². The van der Waals surface area contributed by atoms with E-state index in [4.69, 9.17) is 11.6 Å². The average molecular weight is 443 g/mol. The van der Waals surface area contributed by atoms with E-state index in [1.807, 2.05) is 25.1 Å². The number of nitrogens with one attached hydrogen (secondary N) is 1. The molecule has 0 atom stereocenters. The highest BCUT2D eigenvalue weighted by Gasteiger charge is 2.17. The van der Waals surface area contributed by atoms with Crippen LogP contribution in [0.25, 0.3) is 21.5 Å². The van der Waals surface area contributed by atoms with E-state index < -0.39 is 0 Å². The quantitative estimate of drug-likeness (QED) is 0.379. The lowest BCUT2D eigenvalue weighted by molar-refractivity contribution is -0.113. The number of fused-ring (bicyclic) bond motifs is 1. The van der Waals surface area contributed by atoms with Gasteiger partial charge in [-0.15, -0.1) is 21.5 Å². The predicted molar refractivity (Wildman–Crippen MR) is 122 cm³/mol. The summed E-state index contributed by atoms with van der Waals surface area (Å²) in [5, 5.41) is 16.3. The number of aryl methyl sites for hydroxylation is 1. The van der Waals surface area contributed by atoms with Gasteiger partial charge in [-0.1, -0.05) is 47.6 Å². The number of thioether (sulfide) groups is 1. The molecule has 0 aliphatic rings. The molecule has 1 N–H and O–H groups in total. The van der Waals surface area contributed by atoms with Crippen LogP contribution in [0, 0.1) is 6.92 Å². The lowest BCUT2D eigenvalue weighted by Gasteiger charge is -2.09. The fourth-order valence-electron chi connectivity index (χ4n) is 3.08. The van der Waals surface area contributed by atoms with E-state index in [0.717, 1.165) is 34.3 Å². The van der Waals surface area contributed by atoms with E-state index in [9.17, 15) is 4.79 Å². The van der Waals surface area contributed by atoms with Gasteiger partial charge in [0.15, 0.2) is 11.0 Å².